The molecule has 0 radical (unpaired) electrons. The zero-order valence-electron chi connectivity index (χ0n) is 28.3. The zero-order valence-corrected chi connectivity index (χ0v) is 28.3. The van der Waals surface area contributed by atoms with Crippen LogP contribution < -0.4 is 14.2 Å². The first-order valence-corrected chi connectivity index (χ1v) is 17.7. The van der Waals surface area contributed by atoms with Crippen molar-refractivity contribution in [2.24, 2.45) is 0 Å². The number of hydrogen-bond donors (Lipinski definition) is 0. The Morgan fingerprint density at radius 1 is 0.875 bits per heavy atom. The normalized spacial score (nSPS) is 24.8. The average molecular weight is 657 g/mol. The highest BCUT2D eigenvalue weighted by molar-refractivity contribution is 6.00. The highest BCUT2D eigenvalue weighted by Crippen LogP contribution is 2.38. The summed E-state index contributed by atoms with van der Waals surface area (Å²) in [5, 5.41) is 0. The number of carbonyl (C=O) groups is 2. The minimum absolute atomic E-state index is 0.0303. The standard InChI is InChI=1S/C39H48N2O7/c1-25-18-32-34(48-37-11-5-8-17-47-37)22-28-21-33(26(2)19-30(28)39(43)41(32)24-25)45-15-6-4-7-16-46-36-20-27-12-13-29-10-9-14-40(29)38(42)31(27)23-35(36)44-3/h12-13,19-21,23,29,32,34,37H,1,4-11,14-18,22,24H2,2-3H3/t29-,32?,34+,37?/m0/s1. The summed E-state index contributed by atoms with van der Waals surface area (Å²) in [5.41, 5.74) is 5.29. The Kier molecular flexibility index (Phi) is 9.78. The Morgan fingerprint density at radius 3 is 2.48 bits per heavy atom. The molecule has 0 bridgehead atoms. The number of hydrogen-bond acceptors (Lipinski definition) is 7. The summed E-state index contributed by atoms with van der Waals surface area (Å²) in [4.78, 5) is 30.8. The van der Waals surface area contributed by atoms with Gasteiger partial charge in [0.2, 0.25) is 0 Å². The van der Waals surface area contributed by atoms with E-state index in [9.17, 15) is 9.59 Å². The zero-order chi connectivity index (χ0) is 33.2. The SMILES string of the molecule is C=C1CC2[C@H](OC3CCCCO3)Cc3cc(OCCCCCOc4cc5c(cc4OC)C(=O)N4CCC[C@H]4C=C5)c(C)cc3C(=O)N2C1. The maximum atomic E-state index is 13.7. The summed E-state index contributed by atoms with van der Waals surface area (Å²) < 4.78 is 30.5. The molecular weight excluding hydrogens is 608 g/mol. The minimum atomic E-state index is -0.224. The molecule has 2 unspecified atom stereocenters. The summed E-state index contributed by atoms with van der Waals surface area (Å²) in [6.07, 6.45) is 13.0. The van der Waals surface area contributed by atoms with Gasteiger partial charge in [0, 0.05) is 31.7 Å². The van der Waals surface area contributed by atoms with E-state index >= 15 is 0 Å². The van der Waals surface area contributed by atoms with Crippen molar-refractivity contribution in [3.63, 3.8) is 0 Å². The Balaban J connectivity index is 0.936. The Hall–Kier alpha value is -3.82. The molecule has 256 valence electrons. The van der Waals surface area contributed by atoms with Crippen LogP contribution in [0.4, 0.5) is 0 Å². The fourth-order valence-corrected chi connectivity index (χ4v) is 7.83. The average Bonchev–Trinajstić information content (AvgIpc) is 3.69. The molecule has 0 N–H and O–H groups in total. The Morgan fingerprint density at radius 2 is 1.69 bits per heavy atom. The van der Waals surface area contributed by atoms with E-state index < -0.39 is 0 Å². The highest BCUT2D eigenvalue weighted by Gasteiger charge is 2.42. The van der Waals surface area contributed by atoms with Crippen LogP contribution in [0.15, 0.2) is 42.5 Å². The highest BCUT2D eigenvalue weighted by atomic mass is 16.7. The van der Waals surface area contributed by atoms with Crippen LogP contribution in [0.3, 0.4) is 0 Å². The Labute approximate surface area is 283 Å². The van der Waals surface area contributed by atoms with Crippen molar-refractivity contribution in [1.29, 1.82) is 0 Å². The molecule has 2 aromatic carbocycles. The number of methoxy groups -OCH3 is 1. The molecule has 7 rings (SSSR count). The van der Waals surface area contributed by atoms with Crippen LogP contribution in [0, 0.1) is 6.92 Å². The van der Waals surface area contributed by atoms with Crippen LogP contribution in [-0.4, -0.2) is 86.1 Å². The van der Waals surface area contributed by atoms with E-state index in [1.165, 1.54) is 0 Å². The topological polar surface area (TPSA) is 86.8 Å². The monoisotopic (exact) mass is 656 g/mol. The maximum Gasteiger partial charge on any atom is 0.255 e. The molecular formula is C39H48N2O7. The smallest absolute Gasteiger partial charge is 0.255 e. The second-order valence-corrected chi connectivity index (χ2v) is 13.8. The fourth-order valence-electron chi connectivity index (χ4n) is 7.83. The maximum absolute atomic E-state index is 13.7. The van der Waals surface area contributed by atoms with Gasteiger partial charge in [-0.2, -0.15) is 0 Å². The molecule has 48 heavy (non-hydrogen) atoms. The van der Waals surface area contributed by atoms with Gasteiger partial charge in [0.25, 0.3) is 11.8 Å². The van der Waals surface area contributed by atoms with Crippen LogP contribution in [0.2, 0.25) is 0 Å². The van der Waals surface area contributed by atoms with Crippen molar-refractivity contribution < 1.29 is 33.3 Å². The molecule has 2 aromatic rings. The fraction of sp³-hybridized carbons (Fsp3) is 0.538. The number of ether oxygens (including phenoxy) is 5. The van der Waals surface area contributed by atoms with Gasteiger partial charge in [0.15, 0.2) is 17.8 Å². The third-order valence-electron chi connectivity index (χ3n) is 10.4. The molecule has 2 amide bonds. The number of unbranched alkanes of at least 4 members (excludes halogenated alkanes) is 2. The summed E-state index contributed by atoms with van der Waals surface area (Å²) >= 11 is 0. The number of carbonyl (C=O) groups excluding carboxylic acids is 2. The van der Waals surface area contributed by atoms with Gasteiger partial charge in [-0.05, 0) is 106 Å². The first kappa shape index (κ1) is 32.7. The molecule has 0 spiro atoms. The van der Waals surface area contributed by atoms with E-state index in [1.807, 2.05) is 41.0 Å². The van der Waals surface area contributed by atoms with E-state index in [4.69, 9.17) is 23.7 Å². The molecule has 4 atom stereocenters. The second kappa shape index (κ2) is 14.3. The van der Waals surface area contributed by atoms with Crippen molar-refractivity contribution in [1.82, 2.24) is 9.80 Å². The third-order valence-corrected chi connectivity index (χ3v) is 10.4. The molecule has 0 saturated carbocycles. The van der Waals surface area contributed by atoms with Gasteiger partial charge in [-0.1, -0.05) is 24.3 Å². The molecule has 5 aliphatic rings. The number of rotatable bonds is 11. The number of amides is 2. The lowest BCUT2D eigenvalue weighted by Gasteiger charge is -2.33. The van der Waals surface area contributed by atoms with E-state index in [-0.39, 0.29) is 36.3 Å². The van der Waals surface area contributed by atoms with E-state index in [2.05, 4.69) is 18.7 Å². The lowest BCUT2D eigenvalue weighted by atomic mass is 9.96. The summed E-state index contributed by atoms with van der Waals surface area (Å²) in [7, 11) is 1.61. The molecule has 9 nitrogen and oxygen atoms in total. The molecule has 0 aliphatic carbocycles. The molecule has 9 heteroatoms. The van der Waals surface area contributed by atoms with Gasteiger partial charge in [-0.15, -0.1) is 0 Å². The van der Waals surface area contributed by atoms with Gasteiger partial charge < -0.3 is 33.5 Å². The van der Waals surface area contributed by atoms with Crippen molar-refractivity contribution in [3.05, 3.63) is 70.3 Å². The van der Waals surface area contributed by atoms with Crippen LogP contribution >= 0.6 is 0 Å². The molecule has 3 fully saturated rings. The predicted molar refractivity (Wildman–Crippen MR) is 183 cm³/mol. The van der Waals surface area contributed by atoms with Crippen LogP contribution in [-0.2, 0) is 15.9 Å². The van der Waals surface area contributed by atoms with Crippen molar-refractivity contribution in [2.75, 3.05) is 40.0 Å². The molecule has 5 heterocycles. The summed E-state index contributed by atoms with van der Waals surface area (Å²) in [5.74, 6) is 2.16. The second-order valence-electron chi connectivity index (χ2n) is 13.8. The Bertz CT molecular complexity index is 1580. The summed E-state index contributed by atoms with van der Waals surface area (Å²) in [6, 6.07) is 7.93. The number of aryl methyl sites for hydroxylation is 1. The van der Waals surface area contributed by atoms with Crippen molar-refractivity contribution in [2.45, 2.75) is 95.6 Å². The van der Waals surface area contributed by atoms with Gasteiger partial charge in [-0.25, -0.2) is 0 Å². The first-order chi connectivity index (χ1) is 23.4. The quantitative estimate of drug-likeness (QED) is 0.202. The number of benzene rings is 2. The summed E-state index contributed by atoms with van der Waals surface area (Å²) in [6.45, 7) is 9.41. The largest absolute Gasteiger partial charge is 0.493 e. The van der Waals surface area contributed by atoms with Crippen LogP contribution in [0.25, 0.3) is 6.08 Å². The molecule has 5 aliphatic heterocycles. The molecule has 3 saturated heterocycles. The number of fused-ring (bicyclic) bond motifs is 4. The van der Waals surface area contributed by atoms with Gasteiger partial charge in [-0.3, -0.25) is 9.59 Å². The molecule has 0 aromatic heterocycles. The van der Waals surface area contributed by atoms with Gasteiger partial charge >= 0.3 is 0 Å². The van der Waals surface area contributed by atoms with Crippen LogP contribution in [0.5, 0.6) is 17.2 Å². The van der Waals surface area contributed by atoms with E-state index in [0.29, 0.717) is 43.2 Å². The van der Waals surface area contributed by atoms with E-state index in [0.717, 1.165) is 105 Å². The van der Waals surface area contributed by atoms with E-state index in [1.54, 1.807) is 7.11 Å². The van der Waals surface area contributed by atoms with Gasteiger partial charge in [0.05, 0.1) is 44.1 Å². The van der Waals surface area contributed by atoms with Gasteiger partial charge in [0.1, 0.15) is 5.75 Å². The lowest BCUT2D eigenvalue weighted by molar-refractivity contribution is -0.196. The van der Waals surface area contributed by atoms with Crippen molar-refractivity contribution >= 4 is 17.9 Å². The van der Waals surface area contributed by atoms with Crippen molar-refractivity contribution in [3.8, 4) is 17.2 Å². The minimum Gasteiger partial charge on any atom is -0.493 e. The predicted octanol–water partition coefficient (Wildman–Crippen LogP) is 6.50. The lowest BCUT2D eigenvalue weighted by Crippen LogP contribution is -2.44. The first-order valence-electron chi connectivity index (χ1n) is 17.7. The van der Waals surface area contributed by atoms with Crippen LogP contribution in [0.1, 0.15) is 95.2 Å². The third kappa shape index (κ3) is 6.72. The number of nitrogens with zero attached hydrogens (tertiary/aromatic N) is 2.